The predicted octanol–water partition coefficient (Wildman–Crippen LogP) is 4.28. The second-order valence-electron chi connectivity index (χ2n) is 5.85. The zero-order valence-corrected chi connectivity index (χ0v) is 14.6. The van der Waals surface area contributed by atoms with E-state index < -0.39 is 5.82 Å². The number of carbonyl (C=O) groups is 1. The molecule has 0 amide bonds. The molecule has 0 aliphatic carbocycles. The summed E-state index contributed by atoms with van der Waals surface area (Å²) in [6, 6.07) is 9.44. The number of nitrogen functional groups attached to an aromatic ring is 1. The quantitative estimate of drug-likeness (QED) is 0.669. The van der Waals surface area contributed by atoms with Gasteiger partial charge in [0.1, 0.15) is 17.3 Å². The van der Waals surface area contributed by atoms with Crippen molar-refractivity contribution in [1.29, 1.82) is 0 Å². The van der Waals surface area contributed by atoms with E-state index in [1.54, 1.807) is 37.6 Å². The minimum atomic E-state index is -0.551. The molecule has 3 aromatic rings. The number of rotatable bonds is 6. The summed E-state index contributed by atoms with van der Waals surface area (Å²) in [5, 5.41) is 0.670. The average Bonchev–Trinajstić information content (AvgIpc) is 2.63. The fourth-order valence-electron chi connectivity index (χ4n) is 2.67. The van der Waals surface area contributed by atoms with Crippen LogP contribution in [0.1, 0.15) is 18.9 Å². The van der Waals surface area contributed by atoms with Gasteiger partial charge in [0.15, 0.2) is 11.6 Å². The van der Waals surface area contributed by atoms with Crippen LogP contribution in [0.2, 0.25) is 0 Å². The maximum Gasteiger partial charge on any atom is 0.167 e. The number of hydrogen-bond donors (Lipinski definition) is 1. The summed E-state index contributed by atoms with van der Waals surface area (Å²) in [6.07, 6.45) is 2.26. The first-order valence-corrected chi connectivity index (χ1v) is 8.22. The maximum absolute atomic E-state index is 14.1. The number of methoxy groups -OCH3 is 1. The Morgan fingerprint density at radius 1 is 1.15 bits per heavy atom. The van der Waals surface area contributed by atoms with Crippen LogP contribution in [0.4, 0.5) is 10.1 Å². The van der Waals surface area contributed by atoms with Crippen LogP contribution in [0, 0.1) is 5.82 Å². The van der Waals surface area contributed by atoms with Gasteiger partial charge in [0.2, 0.25) is 0 Å². The average molecular weight is 354 g/mol. The number of ether oxygens (including phenoxy) is 2. The molecule has 0 saturated carbocycles. The highest BCUT2D eigenvalue weighted by Gasteiger charge is 2.14. The number of hydrogen-bond acceptors (Lipinski definition) is 5. The number of Topliss-reactive ketones (excluding diaryl/α,β-unsaturated/α-hetero) is 1. The molecule has 0 atom stereocenters. The lowest BCUT2D eigenvalue weighted by molar-refractivity contribution is -0.118. The number of halogens is 1. The molecule has 3 rings (SSSR count). The molecule has 0 aliphatic heterocycles. The maximum atomic E-state index is 14.1. The number of benzene rings is 2. The third kappa shape index (κ3) is 3.59. The van der Waals surface area contributed by atoms with Crippen LogP contribution in [0.25, 0.3) is 10.9 Å². The topological polar surface area (TPSA) is 74.4 Å². The molecule has 134 valence electrons. The van der Waals surface area contributed by atoms with E-state index in [0.29, 0.717) is 34.5 Å². The van der Waals surface area contributed by atoms with Crippen molar-refractivity contribution < 1.29 is 18.7 Å². The second kappa shape index (κ2) is 7.39. The standard InChI is InChI=1S/C20H19FN2O3/c1-3-14(24)8-12-9-15-17(11-20(12)25-2)23-7-6-18(15)26-19-5-4-13(22)10-16(19)21/h4-7,9-11H,3,8,22H2,1-2H3. The monoisotopic (exact) mass is 354 g/mol. The molecule has 1 aromatic heterocycles. The Labute approximate surface area is 150 Å². The molecule has 26 heavy (non-hydrogen) atoms. The number of ketones is 1. The Morgan fingerprint density at radius 3 is 2.65 bits per heavy atom. The van der Waals surface area contributed by atoms with Crippen molar-refractivity contribution in [2.45, 2.75) is 19.8 Å². The van der Waals surface area contributed by atoms with Gasteiger partial charge in [0, 0.05) is 47.8 Å². The van der Waals surface area contributed by atoms with Gasteiger partial charge >= 0.3 is 0 Å². The molecule has 2 N–H and O–H groups in total. The first kappa shape index (κ1) is 17.7. The van der Waals surface area contributed by atoms with Gasteiger partial charge in [-0.25, -0.2) is 4.39 Å². The molecule has 0 aliphatic rings. The molecular weight excluding hydrogens is 335 g/mol. The van der Waals surface area contributed by atoms with Gasteiger partial charge in [-0.1, -0.05) is 6.92 Å². The van der Waals surface area contributed by atoms with E-state index in [2.05, 4.69) is 4.98 Å². The highest BCUT2D eigenvalue weighted by atomic mass is 19.1. The van der Waals surface area contributed by atoms with Crippen LogP contribution in [0.5, 0.6) is 17.2 Å². The van der Waals surface area contributed by atoms with Crippen molar-refractivity contribution >= 4 is 22.4 Å². The van der Waals surface area contributed by atoms with Gasteiger partial charge in [-0.15, -0.1) is 0 Å². The van der Waals surface area contributed by atoms with Crippen LogP contribution >= 0.6 is 0 Å². The number of nitrogens with zero attached hydrogens (tertiary/aromatic N) is 1. The number of carbonyl (C=O) groups excluding carboxylic acids is 1. The van der Waals surface area contributed by atoms with E-state index in [-0.39, 0.29) is 18.0 Å². The number of anilines is 1. The normalized spacial score (nSPS) is 10.7. The smallest absolute Gasteiger partial charge is 0.167 e. The van der Waals surface area contributed by atoms with E-state index in [1.807, 2.05) is 6.92 Å². The Hall–Kier alpha value is -3.15. The van der Waals surface area contributed by atoms with Gasteiger partial charge < -0.3 is 15.2 Å². The van der Waals surface area contributed by atoms with Crippen LogP contribution in [-0.2, 0) is 11.2 Å². The largest absolute Gasteiger partial charge is 0.496 e. The van der Waals surface area contributed by atoms with Gasteiger partial charge in [-0.2, -0.15) is 0 Å². The molecular formula is C20H19FN2O3. The number of pyridine rings is 1. The molecule has 1 heterocycles. The van der Waals surface area contributed by atoms with E-state index in [0.717, 1.165) is 5.56 Å². The SMILES string of the molecule is CCC(=O)Cc1cc2c(Oc3ccc(N)cc3F)ccnc2cc1OC. The van der Waals surface area contributed by atoms with Gasteiger partial charge in [-0.3, -0.25) is 9.78 Å². The van der Waals surface area contributed by atoms with Crippen LogP contribution in [0.3, 0.4) is 0 Å². The van der Waals surface area contributed by atoms with Crippen molar-refractivity contribution in [3.63, 3.8) is 0 Å². The van der Waals surface area contributed by atoms with Crippen molar-refractivity contribution in [2.75, 3.05) is 12.8 Å². The third-order valence-electron chi connectivity index (χ3n) is 4.06. The highest BCUT2D eigenvalue weighted by molar-refractivity contribution is 5.89. The number of fused-ring (bicyclic) bond motifs is 1. The first-order valence-electron chi connectivity index (χ1n) is 8.22. The molecule has 0 spiro atoms. The zero-order valence-electron chi connectivity index (χ0n) is 14.6. The number of nitrogens with two attached hydrogens (primary N) is 1. The number of aromatic nitrogens is 1. The summed E-state index contributed by atoms with van der Waals surface area (Å²) in [5.41, 5.74) is 7.26. The van der Waals surface area contributed by atoms with Crippen molar-refractivity contribution in [3.05, 3.63) is 54.0 Å². The Balaban J connectivity index is 2.07. The summed E-state index contributed by atoms with van der Waals surface area (Å²) in [6.45, 7) is 1.82. The molecule has 5 nitrogen and oxygen atoms in total. The molecule has 2 aromatic carbocycles. The van der Waals surface area contributed by atoms with E-state index in [1.165, 1.54) is 12.1 Å². The first-order chi connectivity index (χ1) is 12.5. The van der Waals surface area contributed by atoms with Crippen LogP contribution in [0.15, 0.2) is 42.6 Å². The van der Waals surface area contributed by atoms with E-state index in [4.69, 9.17) is 15.2 Å². The summed E-state index contributed by atoms with van der Waals surface area (Å²) >= 11 is 0. The fraction of sp³-hybridized carbons (Fsp3) is 0.200. The molecule has 0 radical (unpaired) electrons. The Kier molecular flexibility index (Phi) is 5.02. The summed E-state index contributed by atoms with van der Waals surface area (Å²) in [7, 11) is 1.55. The summed E-state index contributed by atoms with van der Waals surface area (Å²) in [5.74, 6) is 0.631. The highest BCUT2D eigenvalue weighted by Crippen LogP contribution is 2.34. The Morgan fingerprint density at radius 2 is 1.96 bits per heavy atom. The molecule has 0 fully saturated rings. The van der Waals surface area contributed by atoms with Crippen molar-refractivity contribution in [2.24, 2.45) is 0 Å². The van der Waals surface area contributed by atoms with Crippen molar-refractivity contribution in [3.8, 4) is 17.2 Å². The van der Waals surface area contributed by atoms with Gasteiger partial charge in [0.05, 0.1) is 12.6 Å². The molecule has 6 heteroatoms. The zero-order chi connectivity index (χ0) is 18.7. The lowest BCUT2D eigenvalue weighted by Gasteiger charge is -2.13. The molecule has 0 saturated heterocycles. The molecule has 0 unspecified atom stereocenters. The predicted molar refractivity (Wildman–Crippen MR) is 98.2 cm³/mol. The minimum absolute atomic E-state index is 0.0636. The lowest BCUT2D eigenvalue weighted by Crippen LogP contribution is -2.03. The fourth-order valence-corrected chi connectivity index (χ4v) is 2.67. The van der Waals surface area contributed by atoms with Crippen LogP contribution in [-0.4, -0.2) is 17.9 Å². The summed E-state index contributed by atoms with van der Waals surface area (Å²) < 4.78 is 25.2. The van der Waals surface area contributed by atoms with E-state index >= 15 is 0 Å². The second-order valence-corrected chi connectivity index (χ2v) is 5.85. The van der Waals surface area contributed by atoms with Crippen molar-refractivity contribution in [1.82, 2.24) is 4.98 Å². The van der Waals surface area contributed by atoms with Gasteiger partial charge in [0.25, 0.3) is 0 Å². The minimum Gasteiger partial charge on any atom is -0.496 e. The Bertz CT molecular complexity index is 973. The lowest BCUT2D eigenvalue weighted by atomic mass is 10.0. The summed E-state index contributed by atoms with van der Waals surface area (Å²) in [4.78, 5) is 16.2. The van der Waals surface area contributed by atoms with Crippen LogP contribution < -0.4 is 15.2 Å². The van der Waals surface area contributed by atoms with Gasteiger partial charge in [-0.05, 0) is 24.3 Å². The third-order valence-corrected chi connectivity index (χ3v) is 4.06. The van der Waals surface area contributed by atoms with E-state index in [9.17, 15) is 9.18 Å². The molecule has 0 bridgehead atoms.